The Labute approximate surface area is 80.1 Å². The molecule has 1 atom stereocenters. The number of rotatable bonds is 5. The summed E-state index contributed by atoms with van der Waals surface area (Å²) in [4.78, 5) is 0. The minimum absolute atomic E-state index is 0.194. The lowest BCUT2D eigenvalue weighted by Crippen LogP contribution is -2.38. The quantitative estimate of drug-likeness (QED) is 0.697. The van der Waals surface area contributed by atoms with Gasteiger partial charge in [0.1, 0.15) is 6.10 Å². The van der Waals surface area contributed by atoms with E-state index in [0.29, 0.717) is 6.10 Å². The second-order valence-electron chi connectivity index (χ2n) is 3.68. The number of nitrogens with one attached hydrogen (secondary N) is 1. The highest BCUT2D eigenvalue weighted by molar-refractivity contribution is 4.88. The van der Waals surface area contributed by atoms with E-state index in [9.17, 15) is 0 Å². The summed E-state index contributed by atoms with van der Waals surface area (Å²) in [6.45, 7) is 3.06. The molecule has 0 radical (unpaired) electrons. The molecule has 0 aliphatic heterocycles. The van der Waals surface area contributed by atoms with E-state index in [1.54, 1.807) is 0 Å². The maximum absolute atomic E-state index is 8.68. The molecule has 0 aromatic rings. The van der Waals surface area contributed by atoms with Gasteiger partial charge in [0, 0.05) is 0 Å². The highest BCUT2D eigenvalue weighted by Crippen LogP contribution is 2.30. The third kappa shape index (κ3) is 2.98. The number of hydrogen-bond acceptors (Lipinski definition) is 3. The molecule has 0 aromatic heterocycles. The van der Waals surface area contributed by atoms with Crippen molar-refractivity contribution in [1.29, 1.82) is 5.26 Å². The molecule has 1 aliphatic carbocycles. The van der Waals surface area contributed by atoms with Gasteiger partial charge in [-0.15, -0.1) is 0 Å². The van der Waals surface area contributed by atoms with E-state index < -0.39 is 0 Å². The van der Waals surface area contributed by atoms with Crippen molar-refractivity contribution < 1.29 is 4.74 Å². The van der Waals surface area contributed by atoms with Gasteiger partial charge in [0.25, 0.3) is 0 Å². The lowest BCUT2D eigenvalue weighted by atomic mass is 9.82. The Morgan fingerprint density at radius 3 is 2.77 bits per heavy atom. The first kappa shape index (κ1) is 10.5. The smallest absolute Gasteiger partial charge is 0.144 e. The molecule has 74 valence electrons. The molecule has 1 fully saturated rings. The van der Waals surface area contributed by atoms with Crippen LogP contribution in [0.3, 0.4) is 0 Å². The Hall–Kier alpha value is -0.590. The summed E-state index contributed by atoms with van der Waals surface area (Å²) in [5.41, 5.74) is 0. The Balaban J connectivity index is 2.11. The average molecular weight is 182 g/mol. The third-order valence-electron chi connectivity index (χ3n) is 2.56. The zero-order chi connectivity index (χ0) is 9.68. The molecule has 0 amide bonds. The molecule has 0 heterocycles. The summed E-state index contributed by atoms with van der Waals surface area (Å²) >= 11 is 0. The summed E-state index contributed by atoms with van der Waals surface area (Å²) < 4.78 is 5.57. The van der Waals surface area contributed by atoms with Crippen LogP contribution in [0.2, 0.25) is 0 Å². The second kappa shape index (κ2) is 5.21. The summed E-state index contributed by atoms with van der Waals surface area (Å²) in [5, 5.41) is 11.8. The van der Waals surface area contributed by atoms with Crippen LogP contribution in [0, 0.1) is 17.2 Å². The van der Waals surface area contributed by atoms with Crippen LogP contribution in [-0.4, -0.2) is 25.8 Å². The molecular formula is C10H18N2O. The van der Waals surface area contributed by atoms with E-state index in [1.807, 2.05) is 14.0 Å². The van der Waals surface area contributed by atoms with Crippen LogP contribution in [0.4, 0.5) is 0 Å². The standard InChI is InChI=1S/C10H18N2O/c1-3-9(6-11)13-10-4-8(5-10)7-12-2/h8-10,12H,3-5,7H2,1-2H3. The van der Waals surface area contributed by atoms with Gasteiger partial charge >= 0.3 is 0 Å². The SMILES string of the molecule is CCC(C#N)OC1CC(CNC)C1. The van der Waals surface area contributed by atoms with Crippen molar-refractivity contribution in [3.05, 3.63) is 0 Å². The second-order valence-corrected chi connectivity index (χ2v) is 3.68. The lowest BCUT2D eigenvalue weighted by molar-refractivity contribution is -0.0552. The minimum atomic E-state index is -0.194. The predicted octanol–water partition coefficient (Wildman–Crippen LogP) is 1.30. The van der Waals surface area contributed by atoms with Gasteiger partial charge in [-0.2, -0.15) is 5.26 Å². The number of nitrogens with zero attached hydrogens (tertiary/aromatic N) is 1. The van der Waals surface area contributed by atoms with Gasteiger partial charge in [0.15, 0.2) is 0 Å². The fourth-order valence-electron chi connectivity index (χ4n) is 1.69. The Kier molecular flexibility index (Phi) is 4.20. The van der Waals surface area contributed by atoms with E-state index in [4.69, 9.17) is 10.00 Å². The van der Waals surface area contributed by atoms with E-state index in [0.717, 1.165) is 31.7 Å². The highest BCUT2D eigenvalue weighted by Gasteiger charge is 2.30. The van der Waals surface area contributed by atoms with Crippen molar-refractivity contribution in [3.8, 4) is 6.07 Å². The molecule has 0 spiro atoms. The molecule has 0 saturated heterocycles. The van der Waals surface area contributed by atoms with Crippen molar-refractivity contribution in [2.75, 3.05) is 13.6 Å². The molecule has 13 heavy (non-hydrogen) atoms. The molecule has 1 rings (SSSR count). The van der Waals surface area contributed by atoms with Gasteiger partial charge in [-0.25, -0.2) is 0 Å². The fourth-order valence-corrected chi connectivity index (χ4v) is 1.69. The molecule has 0 aromatic carbocycles. The Bertz CT molecular complexity index is 182. The number of ether oxygens (including phenoxy) is 1. The predicted molar refractivity (Wildman–Crippen MR) is 51.2 cm³/mol. The molecule has 3 heteroatoms. The Morgan fingerprint density at radius 1 is 1.62 bits per heavy atom. The topological polar surface area (TPSA) is 45.0 Å². The summed E-state index contributed by atoms with van der Waals surface area (Å²) in [6.07, 6.45) is 3.16. The van der Waals surface area contributed by atoms with E-state index in [1.165, 1.54) is 0 Å². The third-order valence-corrected chi connectivity index (χ3v) is 2.56. The van der Waals surface area contributed by atoms with Gasteiger partial charge in [-0.3, -0.25) is 0 Å². The number of nitriles is 1. The first-order valence-electron chi connectivity index (χ1n) is 4.99. The average Bonchev–Trinajstić information content (AvgIpc) is 2.09. The van der Waals surface area contributed by atoms with Crippen molar-refractivity contribution >= 4 is 0 Å². The van der Waals surface area contributed by atoms with Gasteiger partial charge in [-0.05, 0) is 38.8 Å². The van der Waals surface area contributed by atoms with Crippen LogP contribution < -0.4 is 5.32 Å². The van der Waals surface area contributed by atoms with Crippen LogP contribution in [0.1, 0.15) is 26.2 Å². The summed E-state index contributed by atoms with van der Waals surface area (Å²) in [5.74, 6) is 0.756. The van der Waals surface area contributed by atoms with Crippen LogP contribution in [-0.2, 0) is 4.74 Å². The first-order valence-corrected chi connectivity index (χ1v) is 4.99. The number of hydrogen-bond donors (Lipinski definition) is 1. The van der Waals surface area contributed by atoms with Crippen LogP contribution >= 0.6 is 0 Å². The molecule has 1 aliphatic rings. The first-order chi connectivity index (χ1) is 6.30. The van der Waals surface area contributed by atoms with Crippen LogP contribution in [0.15, 0.2) is 0 Å². The molecule has 1 unspecified atom stereocenters. The normalized spacial score (nSPS) is 29.0. The summed E-state index contributed by atoms with van der Waals surface area (Å²) in [7, 11) is 1.97. The van der Waals surface area contributed by atoms with Gasteiger partial charge < -0.3 is 10.1 Å². The van der Waals surface area contributed by atoms with Gasteiger partial charge in [0.2, 0.25) is 0 Å². The molecular weight excluding hydrogens is 164 g/mol. The van der Waals surface area contributed by atoms with Crippen LogP contribution in [0.25, 0.3) is 0 Å². The largest absolute Gasteiger partial charge is 0.360 e. The van der Waals surface area contributed by atoms with Crippen molar-refractivity contribution in [1.82, 2.24) is 5.32 Å². The van der Waals surface area contributed by atoms with Crippen molar-refractivity contribution in [2.24, 2.45) is 5.92 Å². The molecule has 1 N–H and O–H groups in total. The summed E-state index contributed by atoms with van der Waals surface area (Å²) in [6, 6.07) is 2.16. The monoisotopic (exact) mass is 182 g/mol. The minimum Gasteiger partial charge on any atom is -0.360 e. The van der Waals surface area contributed by atoms with Gasteiger partial charge in [0.05, 0.1) is 12.2 Å². The molecule has 3 nitrogen and oxygen atoms in total. The zero-order valence-corrected chi connectivity index (χ0v) is 8.42. The zero-order valence-electron chi connectivity index (χ0n) is 8.42. The Morgan fingerprint density at radius 2 is 2.31 bits per heavy atom. The molecule has 0 bridgehead atoms. The van der Waals surface area contributed by atoms with E-state index in [-0.39, 0.29) is 6.10 Å². The van der Waals surface area contributed by atoms with Crippen molar-refractivity contribution in [3.63, 3.8) is 0 Å². The van der Waals surface area contributed by atoms with Gasteiger partial charge in [-0.1, -0.05) is 6.92 Å². The van der Waals surface area contributed by atoms with Crippen LogP contribution in [0.5, 0.6) is 0 Å². The maximum Gasteiger partial charge on any atom is 0.144 e. The maximum atomic E-state index is 8.68. The van der Waals surface area contributed by atoms with Crippen molar-refractivity contribution in [2.45, 2.75) is 38.4 Å². The van der Waals surface area contributed by atoms with E-state index >= 15 is 0 Å². The highest BCUT2D eigenvalue weighted by atomic mass is 16.5. The fraction of sp³-hybridized carbons (Fsp3) is 0.900. The molecule has 1 saturated carbocycles. The lowest BCUT2D eigenvalue weighted by Gasteiger charge is -2.36. The van der Waals surface area contributed by atoms with E-state index in [2.05, 4.69) is 11.4 Å².